The zero-order chi connectivity index (χ0) is 15.9. The molecule has 1 saturated heterocycles. The summed E-state index contributed by atoms with van der Waals surface area (Å²) in [6.07, 6.45) is 1.60. The molecule has 1 aromatic rings. The van der Waals surface area contributed by atoms with Gasteiger partial charge in [-0.3, -0.25) is 4.79 Å². The minimum atomic E-state index is -1.09. The van der Waals surface area contributed by atoms with Gasteiger partial charge >= 0.3 is 5.97 Å². The van der Waals surface area contributed by atoms with Gasteiger partial charge in [-0.25, -0.2) is 4.39 Å². The van der Waals surface area contributed by atoms with Crippen LogP contribution in [0.25, 0.3) is 0 Å². The van der Waals surface area contributed by atoms with Gasteiger partial charge in [0.1, 0.15) is 5.75 Å². The first-order valence-electron chi connectivity index (χ1n) is 7.60. The Morgan fingerprint density at radius 2 is 2.09 bits per heavy atom. The van der Waals surface area contributed by atoms with Crippen molar-refractivity contribution in [2.75, 3.05) is 26.3 Å². The van der Waals surface area contributed by atoms with Crippen molar-refractivity contribution in [3.8, 4) is 11.5 Å². The smallest absolute Gasteiger partial charge is 0.307 e. The normalized spacial score (nSPS) is 15.5. The summed E-state index contributed by atoms with van der Waals surface area (Å²) < 4.78 is 25.3. The molecule has 0 aromatic heterocycles. The van der Waals surface area contributed by atoms with Crippen molar-refractivity contribution in [3.63, 3.8) is 0 Å². The van der Waals surface area contributed by atoms with Crippen LogP contribution in [0.5, 0.6) is 11.5 Å². The zero-order valence-electron chi connectivity index (χ0n) is 12.7. The molecule has 1 aliphatic heterocycles. The van der Waals surface area contributed by atoms with E-state index in [0.29, 0.717) is 24.9 Å². The SMILES string of the molecule is CCOc1cc(CC(=O)O)c(F)c(OCC2CCNCC2)c1. The maximum absolute atomic E-state index is 14.4. The van der Waals surface area contributed by atoms with Crippen molar-refractivity contribution in [2.24, 2.45) is 5.92 Å². The van der Waals surface area contributed by atoms with Gasteiger partial charge in [-0.05, 0) is 44.8 Å². The van der Waals surface area contributed by atoms with Crippen molar-refractivity contribution in [1.29, 1.82) is 0 Å². The number of ether oxygens (including phenoxy) is 2. The van der Waals surface area contributed by atoms with Gasteiger partial charge in [-0.1, -0.05) is 0 Å². The van der Waals surface area contributed by atoms with E-state index in [1.165, 1.54) is 12.1 Å². The molecule has 1 aromatic carbocycles. The predicted molar refractivity (Wildman–Crippen MR) is 80.0 cm³/mol. The molecular formula is C16H22FNO4. The average Bonchev–Trinajstić information content (AvgIpc) is 2.50. The number of carbonyl (C=O) groups is 1. The van der Waals surface area contributed by atoms with E-state index in [1.807, 2.05) is 6.92 Å². The van der Waals surface area contributed by atoms with E-state index >= 15 is 0 Å². The van der Waals surface area contributed by atoms with Crippen LogP contribution in [-0.2, 0) is 11.2 Å². The van der Waals surface area contributed by atoms with Crippen LogP contribution in [0, 0.1) is 11.7 Å². The average molecular weight is 311 g/mol. The fourth-order valence-electron chi connectivity index (χ4n) is 2.53. The summed E-state index contributed by atoms with van der Waals surface area (Å²) >= 11 is 0. The summed E-state index contributed by atoms with van der Waals surface area (Å²) in [6, 6.07) is 2.91. The molecule has 22 heavy (non-hydrogen) atoms. The molecule has 0 bridgehead atoms. The van der Waals surface area contributed by atoms with Crippen LogP contribution >= 0.6 is 0 Å². The molecule has 2 N–H and O–H groups in total. The molecule has 0 amide bonds. The number of nitrogens with one attached hydrogen (secondary N) is 1. The molecule has 0 atom stereocenters. The Hall–Kier alpha value is -1.82. The molecule has 0 radical (unpaired) electrons. The number of hydrogen-bond acceptors (Lipinski definition) is 4. The Labute approximate surface area is 129 Å². The third kappa shape index (κ3) is 4.59. The maximum Gasteiger partial charge on any atom is 0.307 e. The summed E-state index contributed by atoms with van der Waals surface area (Å²) in [5.74, 6) is -0.808. The van der Waals surface area contributed by atoms with Crippen molar-refractivity contribution in [2.45, 2.75) is 26.2 Å². The van der Waals surface area contributed by atoms with Crippen LogP contribution in [0.3, 0.4) is 0 Å². The largest absolute Gasteiger partial charge is 0.494 e. The topological polar surface area (TPSA) is 67.8 Å². The van der Waals surface area contributed by atoms with Gasteiger partial charge in [0.25, 0.3) is 0 Å². The molecule has 6 heteroatoms. The summed E-state index contributed by atoms with van der Waals surface area (Å²) in [7, 11) is 0. The number of carboxylic acids is 1. The molecule has 5 nitrogen and oxygen atoms in total. The van der Waals surface area contributed by atoms with Gasteiger partial charge in [-0.15, -0.1) is 0 Å². The first-order valence-corrected chi connectivity index (χ1v) is 7.60. The Morgan fingerprint density at radius 1 is 1.36 bits per heavy atom. The van der Waals surface area contributed by atoms with Gasteiger partial charge in [0, 0.05) is 11.6 Å². The van der Waals surface area contributed by atoms with E-state index in [9.17, 15) is 9.18 Å². The molecule has 0 saturated carbocycles. The third-order valence-electron chi connectivity index (χ3n) is 3.67. The van der Waals surface area contributed by atoms with Crippen LogP contribution < -0.4 is 14.8 Å². The zero-order valence-corrected chi connectivity index (χ0v) is 12.7. The van der Waals surface area contributed by atoms with Crippen molar-refractivity contribution < 1.29 is 23.8 Å². The summed E-state index contributed by atoms with van der Waals surface area (Å²) in [5, 5.41) is 12.1. The van der Waals surface area contributed by atoms with E-state index < -0.39 is 18.2 Å². The lowest BCUT2D eigenvalue weighted by Crippen LogP contribution is -2.30. The van der Waals surface area contributed by atoms with Gasteiger partial charge in [0.15, 0.2) is 11.6 Å². The lowest BCUT2D eigenvalue weighted by Gasteiger charge is -2.23. The molecule has 0 aliphatic carbocycles. The molecule has 2 rings (SSSR count). The first kappa shape index (κ1) is 16.5. The van der Waals surface area contributed by atoms with Crippen LogP contribution in [0.15, 0.2) is 12.1 Å². The Kier molecular flexibility index (Phi) is 6.00. The third-order valence-corrected chi connectivity index (χ3v) is 3.67. The number of piperidine rings is 1. The monoisotopic (exact) mass is 311 g/mol. The Balaban J connectivity index is 2.12. The van der Waals surface area contributed by atoms with E-state index in [-0.39, 0.29) is 11.3 Å². The molecule has 122 valence electrons. The van der Waals surface area contributed by atoms with Crippen molar-refractivity contribution in [1.82, 2.24) is 5.32 Å². The van der Waals surface area contributed by atoms with Crippen LogP contribution in [0.4, 0.5) is 4.39 Å². The van der Waals surface area contributed by atoms with Crippen LogP contribution in [0.2, 0.25) is 0 Å². The molecule has 0 unspecified atom stereocenters. The second-order valence-electron chi connectivity index (χ2n) is 5.40. The fourth-order valence-corrected chi connectivity index (χ4v) is 2.53. The van der Waals surface area contributed by atoms with Crippen LogP contribution in [-0.4, -0.2) is 37.4 Å². The highest BCUT2D eigenvalue weighted by Gasteiger charge is 2.18. The molecule has 1 heterocycles. The number of benzene rings is 1. The van der Waals surface area contributed by atoms with Gasteiger partial charge in [0.2, 0.25) is 0 Å². The van der Waals surface area contributed by atoms with E-state index in [1.54, 1.807) is 0 Å². The van der Waals surface area contributed by atoms with Crippen LogP contribution in [0.1, 0.15) is 25.3 Å². The predicted octanol–water partition coefficient (Wildman–Crippen LogP) is 2.23. The molecule has 1 aliphatic rings. The number of carboxylic acid groups (broad SMARTS) is 1. The Morgan fingerprint density at radius 3 is 2.73 bits per heavy atom. The highest BCUT2D eigenvalue weighted by molar-refractivity contribution is 5.70. The first-order chi connectivity index (χ1) is 10.6. The van der Waals surface area contributed by atoms with E-state index in [2.05, 4.69) is 5.32 Å². The van der Waals surface area contributed by atoms with Gasteiger partial charge < -0.3 is 19.9 Å². The fraction of sp³-hybridized carbons (Fsp3) is 0.562. The number of aliphatic carboxylic acids is 1. The van der Waals surface area contributed by atoms with Gasteiger partial charge in [-0.2, -0.15) is 0 Å². The summed E-state index contributed by atoms with van der Waals surface area (Å²) in [4.78, 5) is 10.9. The Bertz CT molecular complexity index is 515. The van der Waals surface area contributed by atoms with Crippen molar-refractivity contribution in [3.05, 3.63) is 23.5 Å². The second kappa shape index (κ2) is 7.98. The van der Waals surface area contributed by atoms with Crippen molar-refractivity contribution >= 4 is 5.97 Å². The number of rotatable bonds is 7. The lowest BCUT2D eigenvalue weighted by molar-refractivity contribution is -0.136. The molecule has 0 spiro atoms. The van der Waals surface area contributed by atoms with Gasteiger partial charge in [0.05, 0.1) is 19.6 Å². The molecular weight excluding hydrogens is 289 g/mol. The minimum absolute atomic E-state index is 0.0701. The highest BCUT2D eigenvalue weighted by atomic mass is 19.1. The summed E-state index contributed by atoms with van der Waals surface area (Å²) in [5.41, 5.74) is 0.0822. The number of hydrogen-bond donors (Lipinski definition) is 2. The highest BCUT2D eigenvalue weighted by Crippen LogP contribution is 2.29. The minimum Gasteiger partial charge on any atom is -0.494 e. The van der Waals surface area contributed by atoms with E-state index in [0.717, 1.165) is 25.9 Å². The van der Waals surface area contributed by atoms with E-state index in [4.69, 9.17) is 14.6 Å². The molecule has 1 fully saturated rings. The quantitative estimate of drug-likeness (QED) is 0.808. The lowest BCUT2D eigenvalue weighted by atomic mass is 9.99. The maximum atomic E-state index is 14.4. The number of halogens is 1. The summed E-state index contributed by atoms with van der Waals surface area (Å²) in [6.45, 7) is 4.56. The standard InChI is InChI=1S/C16H22FNO4/c1-2-21-13-7-12(8-15(19)20)16(17)14(9-13)22-10-11-3-5-18-6-4-11/h7,9,11,18H,2-6,8,10H2,1H3,(H,19,20). The second-order valence-corrected chi connectivity index (χ2v) is 5.40.